The number of nitrogens with zero attached hydrogens (tertiary/aromatic N) is 1. The number of likely N-dealkylation sites (tertiary alicyclic amines) is 1. The van der Waals surface area contributed by atoms with Crippen LogP contribution in [0.4, 0.5) is 22.0 Å². The van der Waals surface area contributed by atoms with Crippen molar-refractivity contribution in [3.63, 3.8) is 0 Å². The van der Waals surface area contributed by atoms with E-state index in [0.717, 1.165) is 19.3 Å². The van der Waals surface area contributed by atoms with Crippen LogP contribution in [0.3, 0.4) is 0 Å². The Morgan fingerprint density at radius 2 is 1.62 bits per heavy atom. The second-order valence-electron chi connectivity index (χ2n) is 6.46. The average Bonchev–Trinajstić information content (AvgIpc) is 2.58. The second kappa shape index (κ2) is 8.79. The Kier molecular flexibility index (Phi) is 6.97. The van der Waals surface area contributed by atoms with Crippen LogP contribution in [0, 0.1) is 0 Å². The molecule has 1 heterocycles. The lowest BCUT2D eigenvalue weighted by Crippen LogP contribution is -2.44. The molecule has 0 saturated carbocycles. The van der Waals surface area contributed by atoms with Gasteiger partial charge in [-0.2, -0.15) is 22.0 Å². The molecule has 3 nitrogen and oxygen atoms in total. The molecule has 1 aromatic rings. The molecule has 0 aromatic heterocycles. The number of alkyl halides is 5. The van der Waals surface area contributed by atoms with Gasteiger partial charge in [-0.3, -0.25) is 9.69 Å². The van der Waals surface area contributed by atoms with Crippen LogP contribution in [-0.4, -0.2) is 49.0 Å². The Hall–Kier alpha value is -1.70. The zero-order valence-electron chi connectivity index (χ0n) is 14.3. The number of hydrogen-bond acceptors (Lipinski definition) is 3. The maximum Gasteiger partial charge on any atom is 0.389 e. The Morgan fingerprint density at radius 1 is 1.00 bits per heavy atom. The van der Waals surface area contributed by atoms with Crippen LogP contribution in [0.1, 0.15) is 42.5 Å². The van der Waals surface area contributed by atoms with Gasteiger partial charge in [-0.05, 0) is 56.6 Å². The maximum atomic E-state index is 14.2. The molecule has 0 amide bonds. The van der Waals surface area contributed by atoms with E-state index in [-0.39, 0.29) is 24.3 Å². The van der Waals surface area contributed by atoms with E-state index in [0.29, 0.717) is 13.1 Å². The molecule has 0 spiro atoms. The lowest BCUT2D eigenvalue weighted by molar-refractivity contribution is -0.136. The summed E-state index contributed by atoms with van der Waals surface area (Å²) in [5.74, 6) is -4.50. The predicted molar refractivity (Wildman–Crippen MR) is 86.8 cm³/mol. The second-order valence-corrected chi connectivity index (χ2v) is 6.46. The number of ether oxygens (including phenoxy) is 1. The fraction of sp³-hybridized carbons (Fsp3) is 0.611. The highest BCUT2D eigenvalue weighted by molar-refractivity contribution is 6.01. The van der Waals surface area contributed by atoms with E-state index in [1.807, 2.05) is 0 Å². The first-order valence-corrected chi connectivity index (χ1v) is 8.62. The number of benzene rings is 1. The minimum atomic E-state index is -4.24. The van der Waals surface area contributed by atoms with Gasteiger partial charge in [0.1, 0.15) is 5.75 Å². The number of ketones is 1. The molecule has 26 heavy (non-hydrogen) atoms. The van der Waals surface area contributed by atoms with Crippen molar-refractivity contribution in [2.24, 2.45) is 0 Å². The van der Waals surface area contributed by atoms with Gasteiger partial charge in [-0.15, -0.1) is 0 Å². The van der Waals surface area contributed by atoms with Crippen LogP contribution < -0.4 is 4.74 Å². The topological polar surface area (TPSA) is 29.5 Å². The number of Topliss-reactive ketones (excluding diaryl/α,β-unsaturated/α-hetero) is 1. The summed E-state index contributed by atoms with van der Waals surface area (Å²) in [6.07, 6.45) is -2.67. The highest BCUT2D eigenvalue weighted by Gasteiger charge is 2.41. The summed E-state index contributed by atoms with van der Waals surface area (Å²) < 4.78 is 69.7. The molecule has 146 valence electrons. The first-order valence-electron chi connectivity index (χ1n) is 8.62. The van der Waals surface area contributed by atoms with Crippen molar-refractivity contribution in [3.05, 3.63) is 29.8 Å². The molecular weight excluding hydrogens is 357 g/mol. The van der Waals surface area contributed by atoms with Crippen molar-refractivity contribution < 1.29 is 31.5 Å². The molecule has 1 saturated heterocycles. The van der Waals surface area contributed by atoms with Crippen LogP contribution in [0.2, 0.25) is 0 Å². The van der Waals surface area contributed by atoms with E-state index in [4.69, 9.17) is 4.74 Å². The zero-order chi connectivity index (χ0) is 19.2. The van der Waals surface area contributed by atoms with Gasteiger partial charge >= 0.3 is 12.1 Å². The minimum Gasteiger partial charge on any atom is -0.494 e. The monoisotopic (exact) mass is 379 g/mol. The van der Waals surface area contributed by atoms with Gasteiger partial charge < -0.3 is 4.74 Å². The van der Waals surface area contributed by atoms with E-state index < -0.39 is 30.8 Å². The SMILES string of the molecule is O=C(c1ccc(OCCCC(F)(F)F)cc1)C(F)(F)CN1CCCCC1. The van der Waals surface area contributed by atoms with Crippen molar-refractivity contribution in [1.29, 1.82) is 0 Å². The van der Waals surface area contributed by atoms with Crippen LogP contribution in [0.25, 0.3) is 0 Å². The summed E-state index contributed by atoms with van der Waals surface area (Å²) in [6.45, 7) is 0.389. The summed E-state index contributed by atoms with van der Waals surface area (Å²) in [7, 11) is 0. The number of hydrogen-bond donors (Lipinski definition) is 0. The Morgan fingerprint density at radius 3 is 2.19 bits per heavy atom. The first kappa shape index (κ1) is 20.6. The Balaban J connectivity index is 1.86. The third-order valence-corrected chi connectivity index (χ3v) is 4.19. The largest absolute Gasteiger partial charge is 0.494 e. The van der Waals surface area contributed by atoms with Gasteiger partial charge in [0.05, 0.1) is 13.2 Å². The third-order valence-electron chi connectivity index (χ3n) is 4.19. The highest BCUT2D eigenvalue weighted by atomic mass is 19.4. The molecule has 8 heteroatoms. The molecule has 0 aliphatic carbocycles. The molecule has 1 aromatic carbocycles. The molecule has 0 unspecified atom stereocenters. The predicted octanol–water partition coefficient (Wildman–Crippen LogP) is 4.71. The zero-order valence-corrected chi connectivity index (χ0v) is 14.3. The molecule has 2 rings (SSSR count). The van der Waals surface area contributed by atoms with Crippen molar-refractivity contribution >= 4 is 5.78 Å². The lowest BCUT2D eigenvalue weighted by Gasteiger charge is -2.29. The van der Waals surface area contributed by atoms with Crippen molar-refractivity contribution in [2.45, 2.75) is 44.2 Å². The molecule has 0 bridgehead atoms. The molecule has 1 fully saturated rings. The summed E-state index contributed by atoms with van der Waals surface area (Å²) >= 11 is 0. The number of carbonyl (C=O) groups excluding carboxylic acids is 1. The Labute approximate surface area is 149 Å². The Bertz CT molecular complexity index is 580. The first-order chi connectivity index (χ1) is 12.2. The van der Waals surface area contributed by atoms with Gasteiger partial charge in [0.2, 0.25) is 5.78 Å². The number of halogens is 5. The quantitative estimate of drug-likeness (QED) is 0.372. The fourth-order valence-corrected chi connectivity index (χ4v) is 2.85. The molecular formula is C18H22F5NO2. The number of piperidine rings is 1. The van der Waals surface area contributed by atoms with Crippen LogP contribution in [0.15, 0.2) is 24.3 Å². The fourth-order valence-electron chi connectivity index (χ4n) is 2.85. The summed E-state index contributed by atoms with van der Waals surface area (Å²) in [4.78, 5) is 13.7. The third kappa shape index (κ3) is 6.55. The highest BCUT2D eigenvalue weighted by Crippen LogP contribution is 2.25. The van der Waals surface area contributed by atoms with Crippen LogP contribution >= 0.6 is 0 Å². The molecule has 0 N–H and O–H groups in total. The van der Waals surface area contributed by atoms with Crippen molar-refractivity contribution in [2.75, 3.05) is 26.2 Å². The molecule has 0 radical (unpaired) electrons. The minimum absolute atomic E-state index is 0.141. The van der Waals surface area contributed by atoms with E-state index in [1.165, 1.54) is 24.3 Å². The van der Waals surface area contributed by atoms with Crippen molar-refractivity contribution in [1.82, 2.24) is 4.90 Å². The van der Waals surface area contributed by atoms with E-state index in [2.05, 4.69) is 0 Å². The summed E-state index contributed by atoms with van der Waals surface area (Å²) in [6, 6.07) is 5.06. The van der Waals surface area contributed by atoms with Gasteiger partial charge in [-0.25, -0.2) is 0 Å². The van der Waals surface area contributed by atoms with Crippen LogP contribution in [0.5, 0.6) is 5.75 Å². The van der Waals surface area contributed by atoms with E-state index >= 15 is 0 Å². The maximum absolute atomic E-state index is 14.2. The van der Waals surface area contributed by atoms with E-state index in [9.17, 15) is 26.7 Å². The molecule has 1 aliphatic rings. The molecule has 0 atom stereocenters. The lowest BCUT2D eigenvalue weighted by atomic mass is 10.0. The summed E-state index contributed by atoms with van der Waals surface area (Å²) in [5.41, 5.74) is -0.144. The smallest absolute Gasteiger partial charge is 0.389 e. The standard InChI is InChI=1S/C18H22F5NO2/c19-17(20,13-24-10-2-1-3-11-24)16(25)14-5-7-15(8-6-14)26-12-4-9-18(21,22)23/h5-8H,1-4,9-13H2. The van der Waals surface area contributed by atoms with Gasteiger partial charge in [0, 0.05) is 12.0 Å². The van der Waals surface area contributed by atoms with Crippen molar-refractivity contribution in [3.8, 4) is 5.75 Å². The van der Waals surface area contributed by atoms with Gasteiger partial charge in [-0.1, -0.05) is 6.42 Å². The van der Waals surface area contributed by atoms with E-state index in [1.54, 1.807) is 4.90 Å². The summed E-state index contributed by atoms with van der Waals surface area (Å²) in [5, 5.41) is 0. The number of rotatable bonds is 8. The average molecular weight is 379 g/mol. The molecule has 1 aliphatic heterocycles. The van der Waals surface area contributed by atoms with Gasteiger partial charge in [0.15, 0.2) is 0 Å². The van der Waals surface area contributed by atoms with Crippen LogP contribution in [-0.2, 0) is 0 Å². The number of carbonyl (C=O) groups is 1. The normalized spacial score (nSPS) is 16.5. The van der Waals surface area contributed by atoms with Gasteiger partial charge in [0.25, 0.3) is 0 Å².